The lowest BCUT2D eigenvalue weighted by atomic mass is 10.1. The quantitative estimate of drug-likeness (QED) is 0.604. The average molecular weight is 159 g/mol. The van der Waals surface area contributed by atoms with E-state index >= 15 is 0 Å². The van der Waals surface area contributed by atoms with Crippen molar-refractivity contribution in [1.82, 2.24) is 4.98 Å². The van der Waals surface area contributed by atoms with Crippen LogP contribution >= 0.6 is 0 Å². The van der Waals surface area contributed by atoms with E-state index in [9.17, 15) is 0 Å². The van der Waals surface area contributed by atoms with E-state index in [1.54, 1.807) is 6.08 Å². The van der Waals surface area contributed by atoms with Gasteiger partial charge < -0.3 is 0 Å². The summed E-state index contributed by atoms with van der Waals surface area (Å²) in [4.78, 5) is 4.21. The molecule has 0 N–H and O–H groups in total. The predicted molar refractivity (Wildman–Crippen MR) is 52.9 cm³/mol. The SMILES string of the molecule is C=C/C=C\c1c(C)ccnc1C. The minimum absolute atomic E-state index is 1.06. The van der Waals surface area contributed by atoms with Gasteiger partial charge in [-0.1, -0.05) is 24.8 Å². The van der Waals surface area contributed by atoms with Crippen molar-refractivity contribution in [3.8, 4) is 0 Å². The highest BCUT2D eigenvalue weighted by Gasteiger charge is 1.96. The van der Waals surface area contributed by atoms with Crippen molar-refractivity contribution in [3.05, 3.63) is 47.8 Å². The molecule has 0 radical (unpaired) electrons. The summed E-state index contributed by atoms with van der Waals surface area (Å²) in [5.41, 5.74) is 3.51. The van der Waals surface area contributed by atoms with Crippen LogP contribution < -0.4 is 0 Å². The third-order valence-corrected chi connectivity index (χ3v) is 1.81. The first-order chi connectivity index (χ1) is 5.75. The molecule has 0 spiro atoms. The molecule has 0 bridgehead atoms. The Bertz CT molecular complexity index is 291. The van der Waals surface area contributed by atoms with Crippen LogP contribution in [-0.2, 0) is 0 Å². The van der Waals surface area contributed by atoms with Crippen LogP contribution in [0.3, 0.4) is 0 Å². The maximum atomic E-state index is 4.21. The van der Waals surface area contributed by atoms with Gasteiger partial charge in [0.15, 0.2) is 0 Å². The fourth-order valence-corrected chi connectivity index (χ4v) is 1.12. The first kappa shape index (κ1) is 8.72. The molecular weight excluding hydrogens is 146 g/mol. The minimum atomic E-state index is 1.06. The van der Waals surface area contributed by atoms with Gasteiger partial charge in [0.05, 0.1) is 0 Å². The van der Waals surface area contributed by atoms with Gasteiger partial charge >= 0.3 is 0 Å². The van der Waals surface area contributed by atoms with Gasteiger partial charge in [-0.2, -0.15) is 0 Å². The Balaban J connectivity index is 3.12. The van der Waals surface area contributed by atoms with Crippen LogP contribution in [0.4, 0.5) is 0 Å². The molecule has 12 heavy (non-hydrogen) atoms. The molecular formula is C11H13N. The summed E-state index contributed by atoms with van der Waals surface area (Å²) in [7, 11) is 0. The van der Waals surface area contributed by atoms with Crippen molar-refractivity contribution in [1.29, 1.82) is 0 Å². The van der Waals surface area contributed by atoms with Gasteiger partial charge in [-0.05, 0) is 31.0 Å². The van der Waals surface area contributed by atoms with E-state index in [2.05, 4.69) is 18.5 Å². The third kappa shape index (κ3) is 1.82. The largest absolute Gasteiger partial charge is 0.261 e. The summed E-state index contributed by atoms with van der Waals surface area (Å²) in [5.74, 6) is 0. The summed E-state index contributed by atoms with van der Waals surface area (Å²) in [6.07, 6.45) is 7.56. The first-order valence-corrected chi connectivity index (χ1v) is 3.97. The van der Waals surface area contributed by atoms with Gasteiger partial charge in [0.2, 0.25) is 0 Å². The van der Waals surface area contributed by atoms with E-state index in [4.69, 9.17) is 0 Å². The standard InChI is InChI=1S/C11H13N/c1-4-5-6-11-9(2)7-8-12-10(11)3/h4-8H,1H2,2-3H3/b6-5-. The number of rotatable bonds is 2. The molecule has 62 valence electrons. The molecule has 1 nitrogen and oxygen atoms in total. The lowest BCUT2D eigenvalue weighted by Crippen LogP contribution is -1.88. The molecule has 0 saturated carbocycles. The van der Waals surface area contributed by atoms with E-state index in [1.807, 2.05) is 31.3 Å². The Labute approximate surface area is 73.5 Å². The maximum Gasteiger partial charge on any atom is 0.0447 e. The number of aromatic nitrogens is 1. The van der Waals surface area contributed by atoms with Crippen molar-refractivity contribution in [2.45, 2.75) is 13.8 Å². The Hall–Kier alpha value is -1.37. The van der Waals surface area contributed by atoms with Gasteiger partial charge in [0.25, 0.3) is 0 Å². The minimum Gasteiger partial charge on any atom is -0.261 e. The Morgan fingerprint density at radius 2 is 2.17 bits per heavy atom. The molecule has 0 atom stereocenters. The molecule has 0 saturated heterocycles. The van der Waals surface area contributed by atoms with Crippen LogP contribution in [0.2, 0.25) is 0 Å². The van der Waals surface area contributed by atoms with Gasteiger partial charge in [-0.3, -0.25) is 4.98 Å². The van der Waals surface area contributed by atoms with Gasteiger partial charge in [0, 0.05) is 11.9 Å². The number of pyridine rings is 1. The molecule has 0 aliphatic carbocycles. The molecule has 0 amide bonds. The number of hydrogen-bond donors (Lipinski definition) is 0. The van der Waals surface area contributed by atoms with E-state index in [0.717, 1.165) is 5.69 Å². The second-order valence-electron chi connectivity index (χ2n) is 2.72. The van der Waals surface area contributed by atoms with E-state index in [1.165, 1.54) is 11.1 Å². The van der Waals surface area contributed by atoms with Crippen molar-refractivity contribution < 1.29 is 0 Å². The summed E-state index contributed by atoms with van der Waals surface area (Å²) >= 11 is 0. The third-order valence-electron chi connectivity index (χ3n) is 1.81. The summed E-state index contributed by atoms with van der Waals surface area (Å²) in [5, 5.41) is 0. The van der Waals surface area contributed by atoms with Gasteiger partial charge in [0.1, 0.15) is 0 Å². The van der Waals surface area contributed by atoms with Crippen LogP contribution in [0.5, 0.6) is 0 Å². The zero-order valence-electron chi connectivity index (χ0n) is 7.54. The van der Waals surface area contributed by atoms with E-state index in [0.29, 0.717) is 0 Å². The Morgan fingerprint density at radius 3 is 2.75 bits per heavy atom. The van der Waals surface area contributed by atoms with Crippen LogP contribution in [0.25, 0.3) is 6.08 Å². The molecule has 0 fully saturated rings. The average Bonchev–Trinajstić information content (AvgIpc) is 2.04. The van der Waals surface area contributed by atoms with Crippen molar-refractivity contribution in [2.24, 2.45) is 0 Å². The van der Waals surface area contributed by atoms with Crippen LogP contribution in [-0.4, -0.2) is 4.98 Å². The lowest BCUT2D eigenvalue weighted by Gasteiger charge is -2.01. The first-order valence-electron chi connectivity index (χ1n) is 3.97. The Morgan fingerprint density at radius 1 is 1.42 bits per heavy atom. The number of allylic oxidation sites excluding steroid dienone is 2. The fourth-order valence-electron chi connectivity index (χ4n) is 1.12. The second-order valence-corrected chi connectivity index (χ2v) is 2.72. The highest BCUT2D eigenvalue weighted by atomic mass is 14.7. The molecule has 0 aromatic carbocycles. The molecule has 0 aliphatic rings. The topological polar surface area (TPSA) is 12.9 Å². The van der Waals surface area contributed by atoms with Crippen LogP contribution in [0.15, 0.2) is 31.0 Å². The molecule has 1 aromatic heterocycles. The van der Waals surface area contributed by atoms with E-state index < -0.39 is 0 Å². The lowest BCUT2D eigenvalue weighted by molar-refractivity contribution is 1.16. The van der Waals surface area contributed by atoms with Crippen LogP contribution in [0, 0.1) is 13.8 Å². The molecule has 1 aromatic rings. The highest BCUT2D eigenvalue weighted by molar-refractivity contribution is 5.56. The number of nitrogens with zero attached hydrogens (tertiary/aromatic N) is 1. The molecule has 1 rings (SSSR count). The normalized spacial score (nSPS) is 10.5. The monoisotopic (exact) mass is 159 g/mol. The number of aryl methyl sites for hydroxylation is 2. The summed E-state index contributed by atoms with van der Waals surface area (Å²) in [6, 6.07) is 2.01. The summed E-state index contributed by atoms with van der Waals surface area (Å²) in [6.45, 7) is 7.72. The smallest absolute Gasteiger partial charge is 0.0447 e. The predicted octanol–water partition coefficient (Wildman–Crippen LogP) is 2.90. The molecule has 0 unspecified atom stereocenters. The number of hydrogen-bond acceptors (Lipinski definition) is 1. The van der Waals surface area contributed by atoms with E-state index in [-0.39, 0.29) is 0 Å². The van der Waals surface area contributed by atoms with Crippen LogP contribution in [0.1, 0.15) is 16.8 Å². The molecule has 1 heterocycles. The van der Waals surface area contributed by atoms with Crippen molar-refractivity contribution >= 4 is 6.08 Å². The molecule has 1 heteroatoms. The molecule has 0 aliphatic heterocycles. The van der Waals surface area contributed by atoms with Crippen molar-refractivity contribution in [2.75, 3.05) is 0 Å². The van der Waals surface area contributed by atoms with Gasteiger partial charge in [-0.25, -0.2) is 0 Å². The second kappa shape index (κ2) is 3.86. The fraction of sp³-hybridized carbons (Fsp3) is 0.182. The summed E-state index contributed by atoms with van der Waals surface area (Å²) < 4.78 is 0. The zero-order valence-corrected chi connectivity index (χ0v) is 7.54. The zero-order chi connectivity index (χ0) is 8.97. The van der Waals surface area contributed by atoms with Gasteiger partial charge in [-0.15, -0.1) is 0 Å². The Kier molecular flexibility index (Phi) is 2.81. The highest BCUT2D eigenvalue weighted by Crippen LogP contribution is 2.12. The van der Waals surface area contributed by atoms with Crippen molar-refractivity contribution in [3.63, 3.8) is 0 Å². The maximum absolute atomic E-state index is 4.21.